The summed E-state index contributed by atoms with van der Waals surface area (Å²) in [6, 6.07) is 0. The number of ether oxygens (including phenoxy) is 2. The third-order valence-corrected chi connectivity index (χ3v) is 9.44. The Kier molecular flexibility index (Phi) is 35.4. The number of thioether (sulfide) groups is 1. The average Bonchev–Trinajstić information content (AvgIpc) is 3.02. The topological polar surface area (TPSA) is 59.1 Å². The van der Waals surface area contributed by atoms with E-state index in [2.05, 4.69) is 18.7 Å². The highest BCUT2D eigenvalue weighted by molar-refractivity contribution is 7.99. The van der Waals surface area contributed by atoms with Crippen molar-refractivity contribution in [2.75, 3.05) is 65.1 Å². The van der Waals surface area contributed by atoms with E-state index in [4.69, 9.17) is 9.47 Å². The van der Waals surface area contributed by atoms with Gasteiger partial charge in [0.2, 0.25) is 5.91 Å². The number of hydrogen-bond acceptors (Lipinski definition) is 6. The van der Waals surface area contributed by atoms with Crippen LogP contribution < -0.4 is 0 Å². The Morgan fingerprint density at radius 2 is 0.978 bits per heavy atom. The van der Waals surface area contributed by atoms with Crippen LogP contribution >= 0.6 is 11.8 Å². The van der Waals surface area contributed by atoms with Crippen molar-refractivity contribution < 1.29 is 19.1 Å². The van der Waals surface area contributed by atoms with Crippen molar-refractivity contribution in [3.8, 4) is 0 Å². The summed E-state index contributed by atoms with van der Waals surface area (Å²) in [4.78, 5) is 29.2. The van der Waals surface area contributed by atoms with Gasteiger partial charge in [0.1, 0.15) is 6.61 Å². The fraction of sp³-hybridized carbons (Fsp3) is 0.947. The molecule has 0 N–H and O–H groups in total. The van der Waals surface area contributed by atoms with Gasteiger partial charge in [-0.3, -0.25) is 9.59 Å². The van der Waals surface area contributed by atoms with Crippen molar-refractivity contribution in [2.24, 2.45) is 0 Å². The second-order valence-corrected chi connectivity index (χ2v) is 14.3. The van der Waals surface area contributed by atoms with E-state index in [9.17, 15) is 9.59 Å². The SMILES string of the molecule is CCCCCCCCCCCCCCOCCN(CCOC(=O)CCCCCCCCCCCCC)C(=O)CSCCN(C)C. The molecule has 0 radical (unpaired) electrons. The molecular formula is C38H76N2O4S. The van der Waals surface area contributed by atoms with Gasteiger partial charge in [0.25, 0.3) is 0 Å². The standard InChI is InChI=1S/C38H76N2O4S/c1-5-7-9-11-13-15-17-19-21-23-25-27-32-43-33-29-40(37(41)36-45-35-31-39(3)4)30-34-44-38(42)28-26-24-22-20-18-16-14-12-10-8-6-2/h5-36H2,1-4H3. The Bertz CT molecular complexity index is 635. The average molecular weight is 657 g/mol. The Balaban J connectivity index is 4.02. The van der Waals surface area contributed by atoms with Gasteiger partial charge in [-0.25, -0.2) is 0 Å². The van der Waals surface area contributed by atoms with Crippen molar-refractivity contribution in [3.63, 3.8) is 0 Å². The third kappa shape index (κ3) is 34.4. The Morgan fingerprint density at radius 1 is 0.533 bits per heavy atom. The molecule has 45 heavy (non-hydrogen) atoms. The first kappa shape index (κ1) is 44.2. The summed E-state index contributed by atoms with van der Waals surface area (Å²) in [5, 5.41) is 0. The normalized spacial score (nSPS) is 11.4. The first-order valence-corrected chi connectivity index (χ1v) is 20.4. The van der Waals surface area contributed by atoms with E-state index in [1.165, 1.54) is 128 Å². The molecule has 0 fully saturated rings. The van der Waals surface area contributed by atoms with Crippen molar-refractivity contribution in [2.45, 2.75) is 168 Å². The van der Waals surface area contributed by atoms with Crippen LogP contribution in [0.15, 0.2) is 0 Å². The molecule has 0 aliphatic heterocycles. The maximum Gasteiger partial charge on any atom is 0.305 e. The summed E-state index contributed by atoms with van der Waals surface area (Å²) in [5.41, 5.74) is 0. The number of amides is 1. The molecule has 0 atom stereocenters. The number of rotatable bonds is 36. The van der Waals surface area contributed by atoms with Crippen LogP contribution in [0.4, 0.5) is 0 Å². The van der Waals surface area contributed by atoms with Crippen molar-refractivity contribution in [1.29, 1.82) is 0 Å². The molecule has 1 amide bonds. The number of esters is 1. The summed E-state index contributed by atoms with van der Waals surface area (Å²) in [7, 11) is 4.10. The molecule has 0 aliphatic rings. The van der Waals surface area contributed by atoms with Gasteiger partial charge >= 0.3 is 5.97 Å². The summed E-state index contributed by atoms with van der Waals surface area (Å²) >= 11 is 1.66. The predicted octanol–water partition coefficient (Wildman–Crippen LogP) is 10.1. The van der Waals surface area contributed by atoms with E-state index in [-0.39, 0.29) is 18.5 Å². The first-order valence-electron chi connectivity index (χ1n) is 19.2. The van der Waals surface area contributed by atoms with Gasteiger partial charge in [0, 0.05) is 31.9 Å². The molecule has 0 heterocycles. The smallest absolute Gasteiger partial charge is 0.305 e. The number of carbonyl (C=O) groups excluding carboxylic acids is 2. The van der Waals surface area contributed by atoms with Crippen molar-refractivity contribution in [1.82, 2.24) is 9.80 Å². The highest BCUT2D eigenvalue weighted by Gasteiger charge is 2.14. The molecule has 0 bridgehead atoms. The number of hydrogen-bond donors (Lipinski definition) is 0. The molecule has 7 heteroatoms. The largest absolute Gasteiger partial charge is 0.464 e. The Labute approximate surface area is 284 Å². The monoisotopic (exact) mass is 657 g/mol. The molecule has 0 aromatic rings. The zero-order valence-corrected chi connectivity index (χ0v) is 31.4. The molecule has 0 rings (SSSR count). The van der Waals surface area contributed by atoms with Crippen LogP contribution in [0.5, 0.6) is 0 Å². The van der Waals surface area contributed by atoms with E-state index in [1.807, 2.05) is 19.0 Å². The minimum atomic E-state index is -0.137. The molecule has 0 aromatic heterocycles. The summed E-state index contributed by atoms with van der Waals surface area (Å²) < 4.78 is 11.4. The maximum absolute atomic E-state index is 12.9. The molecule has 0 unspecified atom stereocenters. The first-order chi connectivity index (χ1) is 22.0. The second kappa shape index (κ2) is 36.1. The lowest BCUT2D eigenvalue weighted by Crippen LogP contribution is -2.38. The summed E-state index contributed by atoms with van der Waals surface area (Å²) in [6.07, 6.45) is 30.4. The Morgan fingerprint density at radius 3 is 1.47 bits per heavy atom. The van der Waals surface area contributed by atoms with Crippen LogP contribution in [0.3, 0.4) is 0 Å². The van der Waals surface area contributed by atoms with Gasteiger partial charge < -0.3 is 19.3 Å². The molecule has 0 saturated heterocycles. The number of nitrogens with zero attached hydrogens (tertiary/aromatic N) is 2. The van der Waals surface area contributed by atoms with Gasteiger partial charge in [-0.2, -0.15) is 11.8 Å². The van der Waals surface area contributed by atoms with Gasteiger partial charge in [0.05, 0.1) is 18.9 Å². The van der Waals surface area contributed by atoms with Crippen LogP contribution in [-0.4, -0.2) is 86.7 Å². The van der Waals surface area contributed by atoms with Crippen LogP contribution in [0.25, 0.3) is 0 Å². The van der Waals surface area contributed by atoms with Crippen molar-refractivity contribution in [3.05, 3.63) is 0 Å². The van der Waals surface area contributed by atoms with E-state index < -0.39 is 0 Å². The van der Waals surface area contributed by atoms with Gasteiger partial charge in [-0.15, -0.1) is 0 Å². The second-order valence-electron chi connectivity index (χ2n) is 13.2. The minimum absolute atomic E-state index is 0.106. The fourth-order valence-corrected chi connectivity index (χ4v) is 6.45. The maximum atomic E-state index is 12.9. The minimum Gasteiger partial charge on any atom is -0.464 e. The molecule has 0 aromatic carbocycles. The molecule has 268 valence electrons. The van der Waals surface area contributed by atoms with E-state index in [0.29, 0.717) is 31.9 Å². The molecule has 0 spiro atoms. The Hall–Kier alpha value is -0.790. The van der Waals surface area contributed by atoms with E-state index in [1.54, 1.807) is 11.8 Å². The quantitative estimate of drug-likeness (QED) is 0.0494. The van der Waals surface area contributed by atoms with Crippen LogP contribution in [0.2, 0.25) is 0 Å². The van der Waals surface area contributed by atoms with Crippen LogP contribution in [0.1, 0.15) is 168 Å². The predicted molar refractivity (Wildman–Crippen MR) is 196 cm³/mol. The zero-order chi connectivity index (χ0) is 33.1. The van der Waals surface area contributed by atoms with Crippen LogP contribution in [0, 0.1) is 0 Å². The lowest BCUT2D eigenvalue weighted by atomic mass is 10.1. The van der Waals surface area contributed by atoms with Crippen LogP contribution in [-0.2, 0) is 19.1 Å². The highest BCUT2D eigenvalue weighted by atomic mass is 32.2. The van der Waals surface area contributed by atoms with E-state index in [0.717, 1.165) is 38.2 Å². The van der Waals surface area contributed by atoms with Gasteiger partial charge in [-0.05, 0) is 26.9 Å². The number of unbranched alkanes of at least 4 members (excludes halogenated alkanes) is 21. The molecule has 0 saturated carbocycles. The zero-order valence-electron chi connectivity index (χ0n) is 30.6. The summed E-state index contributed by atoms with van der Waals surface area (Å²) in [6.45, 7) is 8.06. The third-order valence-electron chi connectivity index (χ3n) is 8.52. The lowest BCUT2D eigenvalue weighted by Gasteiger charge is -2.23. The summed E-state index contributed by atoms with van der Waals surface area (Å²) in [5.74, 6) is 1.35. The van der Waals surface area contributed by atoms with Gasteiger partial charge in [0.15, 0.2) is 0 Å². The van der Waals surface area contributed by atoms with Gasteiger partial charge in [-0.1, -0.05) is 149 Å². The van der Waals surface area contributed by atoms with Crippen molar-refractivity contribution >= 4 is 23.6 Å². The highest BCUT2D eigenvalue weighted by Crippen LogP contribution is 2.13. The molecular weight excluding hydrogens is 580 g/mol. The number of carbonyl (C=O) groups is 2. The molecule has 6 nitrogen and oxygen atoms in total. The molecule has 0 aliphatic carbocycles. The fourth-order valence-electron chi connectivity index (χ4n) is 5.46. The van der Waals surface area contributed by atoms with E-state index >= 15 is 0 Å². The lowest BCUT2D eigenvalue weighted by molar-refractivity contribution is -0.145.